The molecule has 0 bridgehead atoms. The van der Waals surface area contributed by atoms with E-state index in [4.69, 9.17) is 19.4 Å². The summed E-state index contributed by atoms with van der Waals surface area (Å²) in [5, 5.41) is 5.96. The summed E-state index contributed by atoms with van der Waals surface area (Å²) in [5.74, 6) is 2.07. The summed E-state index contributed by atoms with van der Waals surface area (Å²) in [6.45, 7) is 7.94. The van der Waals surface area contributed by atoms with Crippen LogP contribution < -0.4 is 5.32 Å². The normalized spacial score (nSPS) is 21.3. The predicted molar refractivity (Wildman–Crippen MR) is 184 cm³/mol. The lowest BCUT2D eigenvalue weighted by atomic mass is 9.91. The molecular formula is C38H44N6O3. The van der Waals surface area contributed by atoms with Crippen LogP contribution in [-0.4, -0.2) is 63.3 Å². The highest BCUT2D eigenvalue weighted by atomic mass is 16.6. The highest BCUT2D eigenvalue weighted by Crippen LogP contribution is 2.41. The Labute approximate surface area is 275 Å². The maximum Gasteiger partial charge on any atom is 0.410 e. The Morgan fingerprint density at radius 2 is 1.83 bits per heavy atom. The Hall–Kier alpha value is -4.21. The number of aromatic amines is 2. The fourth-order valence-corrected chi connectivity index (χ4v) is 8.00. The molecule has 0 spiro atoms. The van der Waals surface area contributed by atoms with E-state index >= 15 is 0 Å². The molecule has 2 fully saturated rings. The lowest BCUT2D eigenvalue weighted by Gasteiger charge is -2.27. The van der Waals surface area contributed by atoms with Crippen molar-refractivity contribution in [3.05, 3.63) is 71.4 Å². The minimum atomic E-state index is -0.565. The molecule has 4 heterocycles. The Bertz CT molecular complexity index is 1960. The summed E-state index contributed by atoms with van der Waals surface area (Å²) < 4.78 is 11.2. The molecule has 1 aliphatic carbocycles. The molecule has 0 saturated carbocycles. The van der Waals surface area contributed by atoms with Crippen LogP contribution in [0.4, 0.5) is 4.79 Å². The Balaban J connectivity index is 1.10. The van der Waals surface area contributed by atoms with Crippen LogP contribution in [0.2, 0.25) is 0 Å². The van der Waals surface area contributed by atoms with E-state index in [2.05, 4.69) is 57.7 Å². The van der Waals surface area contributed by atoms with Gasteiger partial charge in [-0.25, -0.2) is 14.8 Å². The molecule has 2 saturated heterocycles. The summed E-state index contributed by atoms with van der Waals surface area (Å²) >= 11 is 0. The number of fused-ring (bicyclic) bond motifs is 4. The van der Waals surface area contributed by atoms with Crippen LogP contribution in [0.25, 0.3) is 44.2 Å². The van der Waals surface area contributed by atoms with Gasteiger partial charge >= 0.3 is 6.09 Å². The number of aromatic nitrogens is 4. The number of ether oxygens (including phenoxy) is 2. The lowest BCUT2D eigenvalue weighted by Crippen LogP contribution is -2.37. The first kappa shape index (κ1) is 30.1. The largest absolute Gasteiger partial charge is 0.444 e. The zero-order valence-corrected chi connectivity index (χ0v) is 27.8. The van der Waals surface area contributed by atoms with Crippen LogP contribution in [0.3, 0.4) is 0 Å². The first-order chi connectivity index (χ1) is 22.8. The number of imidazole rings is 2. The average molecular weight is 633 g/mol. The molecule has 3 atom stereocenters. The number of nitrogens with zero attached hydrogens (tertiary/aromatic N) is 3. The zero-order chi connectivity index (χ0) is 32.3. The van der Waals surface area contributed by atoms with E-state index in [9.17, 15) is 4.79 Å². The fourth-order valence-electron chi connectivity index (χ4n) is 8.00. The van der Waals surface area contributed by atoms with Crippen LogP contribution in [0.15, 0.2) is 48.7 Å². The second-order valence-corrected chi connectivity index (χ2v) is 14.5. The molecule has 2 aromatic heterocycles. The summed E-state index contributed by atoms with van der Waals surface area (Å²) in [4.78, 5) is 32.1. The van der Waals surface area contributed by atoms with Crippen molar-refractivity contribution >= 4 is 27.9 Å². The minimum Gasteiger partial charge on any atom is -0.444 e. The van der Waals surface area contributed by atoms with Crippen LogP contribution in [0.5, 0.6) is 0 Å². The third-order valence-corrected chi connectivity index (χ3v) is 10.1. The number of nitrogens with one attached hydrogen (secondary N) is 3. The highest BCUT2D eigenvalue weighted by molar-refractivity contribution is 6.05. The van der Waals surface area contributed by atoms with E-state index in [1.54, 1.807) is 7.11 Å². The van der Waals surface area contributed by atoms with Crippen molar-refractivity contribution < 1.29 is 14.3 Å². The molecule has 5 aromatic rings. The number of benzene rings is 3. The van der Waals surface area contributed by atoms with Gasteiger partial charge in [0.2, 0.25) is 0 Å². The number of hydrogen-bond acceptors (Lipinski definition) is 6. The van der Waals surface area contributed by atoms with Crippen molar-refractivity contribution in [3.63, 3.8) is 0 Å². The van der Waals surface area contributed by atoms with Gasteiger partial charge in [-0.1, -0.05) is 30.3 Å². The van der Waals surface area contributed by atoms with Crippen LogP contribution in [0, 0.1) is 5.92 Å². The summed E-state index contributed by atoms with van der Waals surface area (Å²) in [6, 6.07) is 15.9. The van der Waals surface area contributed by atoms with Gasteiger partial charge in [0.25, 0.3) is 0 Å². The number of amides is 1. The molecule has 8 rings (SSSR count). The van der Waals surface area contributed by atoms with Gasteiger partial charge in [0.05, 0.1) is 41.6 Å². The molecule has 0 unspecified atom stereocenters. The maximum absolute atomic E-state index is 13.2. The molecule has 3 N–H and O–H groups in total. The minimum absolute atomic E-state index is 0.185. The average Bonchev–Trinajstić information content (AvgIpc) is 3.87. The van der Waals surface area contributed by atoms with Gasteiger partial charge in [-0.15, -0.1) is 0 Å². The first-order valence-corrected chi connectivity index (χ1v) is 17.1. The smallest absolute Gasteiger partial charge is 0.410 e. The number of likely N-dealkylation sites (tertiary alicyclic amines) is 1. The van der Waals surface area contributed by atoms with E-state index in [1.807, 2.05) is 31.9 Å². The second kappa shape index (κ2) is 11.8. The molecule has 3 aliphatic rings. The molecule has 244 valence electrons. The quantitative estimate of drug-likeness (QED) is 0.178. The summed E-state index contributed by atoms with van der Waals surface area (Å²) in [6.07, 6.45) is 7.95. The highest BCUT2D eigenvalue weighted by Gasteiger charge is 2.40. The van der Waals surface area contributed by atoms with E-state index in [-0.39, 0.29) is 18.1 Å². The topological polar surface area (TPSA) is 108 Å². The third kappa shape index (κ3) is 5.59. The summed E-state index contributed by atoms with van der Waals surface area (Å²) in [5.41, 5.74) is 9.13. The SMILES string of the molecule is COC[C@H]1C[C@@H](c2ncc(-c3ccc(-c4ccc5c(ccc6[nH]c([C@@H]7CCCN7)nc65)c4)c4c3CCC4)[nH]2)N(C(=O)OC(C)(C)C)C1. The van der Waals surface area contributed by atoms with Gasteiger partial charge in [-0.3, -0.25) is 4.90 Å². The Morgan fingerprint density at radius 3 is 2.62 bits per heavy atom. The third-order valence-electron chi connectivity index (χ3n) is 10.1. The fraction of sp³-hybridized carbons (Fsp3) is 0.447. The number of H-pyrrole nitrogens is 2. The van der Waals surface area contributed by atoms with Crippen molar-refractivity contribution in [2.45, 2.75) is 77.0 Å². The van der Waals surface area contributed by atoms with Gasteiger partial charge in [-0.2, -0.15) is 0 Å². The monoisotopic (exact) mass is 632 g/mol. The van der Waals surface area contributed by atoms with Crippen molar-refractivity contribution in [3.8, 4) is 22.4 Å². The second-order valence-electron chi connectivity index (χ2n) is 14.5. The number of rotatable bonds is 6. The van der Waals surface area contributed by atoms with Gasteiger partial charge in [0.1, 0.15) is 17.2 Å². The molecule has 9 nitrogen and oxygen atoms in total. The lowest BCUT2D eigenvalue weighted by molar-refractivity contribution is 0.0208. The van der Waals surface area contributed by atoms with E-state index < -0.39 is 5.60 Å². The molecule has 3 aromatic carbocycles. The molecule has 2 aliphatic heterocycles. The molecule has 47 heavy (non-hydrogen) atoms. The number of carbonyl (C=O) groups is 1. The van der Waals surface area contributed by atoms with Crippen molar-refractivity contribution in [1.29, 1.82) is 0 Å². The van der Waals surface area contributed by atoms with E-state index in [1.165, 1.54) is 45.0 Å². The van der Waals surface area contributed by atoms with E-state index in [0.29, 0.717) is 19.2 Å². The molecule has 1 amide bonds. The maximum atomic E-state index is 13.2. The van der Waals surface area contributed by atoms with Crippen LogP contribution >= 0.6 is 0 Å². The first-order valence-electron chi connectivity index (χ1n) is 17.1. The van der Waals surface area contributed by atoms with E-state index in [0.717, 1.165) is 67.0 Å². The van der Waals surface area contributed by atoms with Crippen LogP contribution in [-0.2, 0) is 22.3 Å². The molecular weight excluding hydrogens is 588 g/mol. The molecule has 9 heteroatoms. The van der Waals surface area contributed by atoms with Crippen molar-refractivity contribution in [2.75, 3.05) is 26.8 Å². The van der Waals surface area contributed by atoms with Gasteiger partial charge in [0.15, 0.2) is 0 Å². The molecule has 0 radical (unpaired) electrons. The number of methoxy groups -OCH3 is 1. The van der Waals surface area contributed by atoms with Crippen molar-refractivity contribution in [1.82, 2.24) is 30.2 Å². The number of carbonyl (C=O) groups excluding carboxylic acids is 1. The number of hydrogen-bond donors (Lipinski definition) is 3. The Morgan fingerprint density at radius 1 is 1.00 bits per heavy atom. The zero-order valence-electron chi connectivity index (χ0n) is 27.8. The Kier molecular flexibility index (Phi) is 7.56. The van der Waals surface area contributed by atoms with Crippen molar-refractivity contribution in [2.24, 2.45) is 5.92 Å². The standard InChI is InChI=1S/C38H44N6O3/c1-38(2,3)47-37(45)44-20-22(21-46-4)17-33(44)36-40-19-32(42-36)29-14-13-25(27-7-5-8-28(27)29)23-10-12-26-24(18-23)11-15-30-34(26)43-35(41-30)31-9-6-16-39-31/h10-15,18-19,22,31,33,39H,5-9,16-17,20-21H2,1-4H3,(H,40,42)(H,41,43)/t22-,31-,33-/m0/s1. The van der Waals surface area contributed by atoms with Gasteiger partial charge in [0, 0.05) is 30.5 Å². The van der Waals surface area contributed by atoms with Gasteiger partial charge in [-0.05, 0) is 106 Å². The van der Waals surface area contributed by atoms with Crippen LogP contribution in [0.1, 0.15) is 81.3 Å². The predicted octanol–water partition coefficient (Wildman–Crippen LogP) is 7.63. The summed E-state index contributed by atoms with van der Waals surface area (Å²) in [7, 11) is 1.71. The van der Waals surface area contributed by atoms with Gasteiger partial charge < -0.3 is 24.8 Å².